The van der Waals surface area contributed by atoms with Crippen molar-refractivity contribution in [3.63, 3.8) is 0 Å². The van der Waals surface area contributed by atoms with Gasteiger partial charge in [-0.25, -0.2) is 0 Å². The Morgan fingerprint density at radius 2 is 2.00 bits per heavy atom. The van der Waals surface area contributed by atoms with E-state index in [0.717, 1.165) is 43.4 Å². The van der Waals surface area contributed by atoms with E-state index >= 15 is 0 Å². The molecule has 5 nitrogen and oxygen atoms in total. The number of morpholine rings is 1. The van der Waals surface area contributed by atoms with Crippen molar-refractivity contribution < 1.29 is 4.74 Å². The molecule has 0 radical (unpaired) electrons. The molecule has 0 spiro atoms. The Hall–Kier alpha value is -0.720. The predicted molar refractivity (Wildman–Crippen MR) is 73.5 cm³/mol. The molecule has 1 aliphatic heterocycles. The van der Waals surface area contributed by atoms with Gasteiger partial charge < -0.3 is 4.74 Å². The Morgan fingerprint density at radius 3 is 2.61 bits per heavy atom. The molecule has 0 aromatic carbocycles. The lowest BCUT2D eigenvalue weighted by Crippen LogP contribution is -2.39. The molecule has 0 bridgehead atoms. The minimum atomic E-state index is 0.340. The standard InChI is InChI=1S/C12H22N4OS/c1-9(2)11-13-14-12(18)16(11)10(3)8-15-4-6-17-7-5-15/h9-10H,4-8H2,1-3H3,(H,14,18). The summed E-state index contributed by atoms with van der Waals surface area (Å²) in [6.07, 6.45) is 0. The van der Waals surface area contributed by atoms with E-state index in [2.05, 4.69) is 40.4 Å². The zero-order valence-corrected chi connectivity index (χ0v) is 12.2. The number of ether oxygens (including phenoxy) is 1. The first-order valence-electron chi connectivity index (χ1n) is 6.56. The Labute approximate surface area is 113 Å². The van der Waals surface area contributed by atoms with Crippen LogP contribution in [0.15, 0.2) is 0 Å². The topological polar surface area (TPSA) is 46.1 Å². The minimum absolute atomic E-state index is 0.340. The van der Waals surface area contributed by atoms with E-state index in [1.54, 1.807) is 0 Å². The molecular weight excluding hydrogens is 248 g/mol. The van der Waals surface area contributed by atoms with Crippen LogP contribution in [0.3, 0.4) is 0 Å². The molecule has 1 aliphatic rings. The number of H-pyrrole nitrogens is 1. The van der Waals surface area contributed by atoms with Crippen LogP contribution in [-0.2, 0) is 4.74 Å². The maximum atomic E-state index is 5.37. The third-order valence-electron chi connectivity index (χ3n) is 3.32. The monoisotopic (exact) mass is 270 g/mol. The maximum Gasteiger partial charge on any atom is 0.195 e. The molecular formula is C12H22N4OS. The van der Waals surface area contributed by atoms with Crippen molar-refractivity contribution in [2.45, 2.75) is 32.7 Å². The van der Waals surface area contributed by atoms with Gasteiger partial charge in [0.15, 0.2) is 4.77 Å². The van der Waals surface area contributed by atoms with E-state index in [4.69, 9.17) is 17.0 Å². The second-order valence-corrected chi connectivity index (χ2v) is 5.56. The zero-order chi connectivity index (χ0) is 13.1. The Kier molecular flexibility index (Phi) is 4.53. The number of aromatic nitrogens is 3. The molecule has 18 heavy (non-hydrogen) atoms. The number of hydrogen-bond donors (Lipinski definition) is 1. The summed E-state index contributed by atoms with van der Waals surface area (Å²) in [4.78, 5) is 2.42. The van der Waals surface area contributed by atoms with E-state index in [1.807, 2.05) is 0 Å². The average Bonchev–Trinajstić information content (AvgIpc) is 2.72. The molecule has 0 saturated carbocycles. The van der Waals surface area contributed by atoms with E-state index in [1.165, 1.54) is 0 Å². The molecule has 6 heteroatoms. The van der Waals surface area contributed by atoms with Crippen molar-refractivity contribution in [2.75, 3.05) is 32.8 Å². The maximum absolute atomic E-state index is 5.37. The summed E-state index contributed by atoms with van der Waals surface area (Å²) >= 11 is 5.34. The summed E-state index contributed by atoms with van der Waals surface area (Å²) in [5.74, 6) is 1.42. The van der Waals surface area contributed by atoms with Crippen LogP contribution >= 0.6 is 12.2 Å². The number of nitrogens with zero attached hydrogens (tertiary/aromatic N) is 3. The van der Waals surface area contributed by atoms with Crippen molar-refractivity contribution in [2.24, 2.45) is 0 Å². The lowest BCUT2D eigenvalue weighted by Gasteiger charge is -2.30. The van der Waals surface area contributed by atoms with Crippen LogP contribution in [-0.4, -0.2) is 52.5 Å². The normalized spacial score (nSPS) is 19.3. The Bertz CT molecular complexity index is 434. The quantitative estimate of drug-likeness (QED) is 0.850. The molecule has 0 aliphatic carbocycles. The van der Waals surface area contributed by atoms with E-state index in [9.17, 15) is 0 Å². The lowest BCUT2D eigenvalue weighted by atomic mass is 10.2. The van der Waals surface area contributed by atoms with Gasteiger partial charge in [-0.05, 0) is 19.1 Å². The first-order chi connectivity index (χ1) is 8.59. The van der Waals surface area contributed by atoms with Crippen LogP contribution in [0.2, 0.25) is 0 Å². The summed E-state index contributed by atoms with van der Waals surface area (Å²) < 4.78 is 8.24. The van der Waals surface area contributed by atoms with E-state index in [-0.39, 0.29) is 0 Å². The van der Waals surface area contributed by atoms with Crippen LogP contribution in [0.1, 0.15) is 38.6 Å². The van der Waals surface area contributed by atoms with Crippen LogP contribution in [0, 0.1) is 4.77 Å². The number of nitrogens with one attached hydrogen (secondary N) is 1. The molecule has 1 atom stereocenters. The molecule has 0 amide bonds. The highest BCUT2D eigenvalue weighted by atomic mass is 32.1. The summed E-state index contributed by atoms with van der Waals surface area (Å²) in [6.45, 7) is 11.2. The minimum Gasteiger partial charge on any atom is -0.379 e. The molecule has 1 N–H and O–H groups in total. The molecule has 2 heterocycles. The highest BCUT2D eigenvalue weighted by Gasteiger charge is 2.19. The van der Waals surface area contributed by atoms with Crippen LogP contribution in [0.25, 0.3) is 0 Å². The van der Waals surface area contributed by atoms with Gasteiger partial charge in [-0.2, -0.15) is 5.10 Å². The molecule has 102 valence electrons. The third kappa shape index (κ3) is 2.99. The molecule has 1 aromatic rings. The van der Waals surface area contributed by atoms with Gasteiger partial charge in [0.1, 0.15) is 5.82 Å². The molecule has 2 rings (SSSR count). The van der Waals surface area contributed by atoms with Gasteiger partial charge in [-0.1, -0.05) is 13.8 Å². The third-order valence-corrected chi connectivity index (χ3v) is 3.60. The zero-order valence-electron chi connectivity index (χ0n) is 11.3. The second-order valence-electron chi connectivity index (χ2n) is 5.17. The first-order valence-corrected chi connectivity index (χ1v) is 6.97. The Morgan fingerprint density at radius 1 is 1.33 bits per heavy atom. The Balaban J connectivity index is 2.10. The average molecular weight is 270 g/mol. The van der Waals surface area contributed by atoms with E-state index in [0.29, 0.717) is 12.0 Å². The second kappa shape index (κ2) is 5.95. The van der Waals surface area contributed by atoms with Gasteiger partial charge in [0.2, 0.25) is 0 Å². The molecule has 1 fully saturated rings. The van der Waals surface area contributed by atoms with Gasteiger partial charge in [-0.3, -0.25) is 14.6 Å². The van der Waals surface area contributed by atoms with Gasteiger partial charge in [0.25, 0.3) is 0 Å². The van der Waals surface area contributed by atoms with Gasteiger partial charge in [-0.15, -0.1) is 0 Å². The van der Waals surface area contributed by atoms with Gasteiger partial charge >= 0.3 is 0 Å². The first kappa shape index (κ1) is 13.7. The van der Waals surface area contributed by atoms with Crippen molar-refractivity contribution in [3.05, 3.63) is 10.6 Å². The lowest BCUT2D eigenvalue weighted by molar-refractivity contribution is 0.0323. The summed E-state index contributed by atoms with van der Waals surface area (Å²) in [5.41, 5.74) is 0. The fourth-order valence-corrected chi connectivity index (χ4v) is 2.71. The largest absolute Gasteiger partial charge is 0.379 e. The highest BCUT2D eigenvalue weighted by Crippen LogP contribution is 2.18. The molecule has 1 saturated heterocycles. The van der Waals surface area contributed by atoms with Crippen molar-refractivity contribution in [1.82, 2.24) is 19.7 Å². The van der Waals surface area contributed by atoms with Crippen molar-refractivity contribution >= 4 is 12.2 Å². The predicted octanol–water partition coefficient (Wildman–Crippen LogP) is 1.96. The SMILES string of the molecule is CC(C)c1n[nH]c(=S)n1C(C)CN1CCOCC1. The summed E-state index contributed by atoms with van der Waals surface area (Å²) in [6, 6.07) is 0.340. The van der Waals surface area contributed by atoms with Gasteiger partial charge in [0, 0.05) is 31.6 Å². The smallest absolute Gasteiger partial charge is 0.195 e. The van der Waals surface area contributed by atoms with Gasteiger partial charge in [0.05, 0.1) is 13.2 Å². The number of hydrogen-bond acceptors (Lipinski definition) is 4. The highest BCUT2D eigenvalue weighted by molar-refractivity contribution is 7.71. The fourth-order valence-electron chi connectivity index (χ4n) is 2.39. The molecule has 1 unspecified atom stereocenters. The van der Waals surface area contributed by atoms with Crippen molar-refractivity contribution in [3.8, 4) is 0 Å². The summed E-state index contributed by atoms with van der Waals surface area (Å²) in [7, 11) is 0. The van der Waals surface area contributed by atoms with Crippen LogP contribution < -0.4 is 0 Å². The van der Waals surface area contributed by atoms with E-state index < -0.39 is 0 Å². The van der Waals surface area contributed by atoms with Crippen LogP contribution in [0.4, 0.5) is 0 Å². The number of aromatic amines is 1. The number of rotatable bonds is 4. The molecule has 1 aromatic heterocycles. The van der Waals surface area contributed by atoms with Crippen molar-refractivity contribution in [1.29, 1.82) is 0 Å². The summed E-state index contributed by atoms with van der Waals surface area (Å²) in [5, 5.41) is 7.24. The fraction of sp³-hybridized carbons (Fsp3) is 0.833. The van der Waals surface area contributed by atoms with Crippen LogP contribution in [0.5, 0.6) is 0 Å².